The topological polar surface area (TPSA) is 34.7 Å². The first-order chi connectivity index (χ1) is 6.27. The van der Waals surface area contributed by atoms with Gasteiger partial charge in [-0.05, 0) is 12.1 Å². The van der Waals surface area contributed by atoms with Crippen molar-refractivity contribution in [2.45, 2.75) is 6.10 Å². The summed E-state index contributed by atoms with van der Waals surface area (Å²) in [6, 6.07) is 3.62. The minimum absolute atomic E-state index is 0.0694. The lowest BCUT2D eigenvalue weighted by Crippen LogP contribution is -2.12. The standard InChI is InChI=1S/C9H8BrNO2/c1-6(10)8-5-11-9(13-8)7-3-2-4-12-7/h2-4,8H,1,5H2/t8-/m1/s1. The highest BCUT2D eigenvalue weighted by atomic mass is 79.9. The fourth-order valence-corrected chi connectivity index (χ4v) is 1.31. The van der Waals surface area contributed by atoms with Gasteiger partial charge in [0.25, 0.3) is 5.90 Å². The van der Waals surface area contributed by atoms with Gasteiger partial charge in [0.2, 0.25) is 0 Å². The fourth-order valence-electron chi connectivity index (χ4n) is 1.07. The zero-order chi connectivity index (χ0) is 9.26. The van der Waals surface area contributed by atoms with Gasteiger partial charge in [-0.3, -0.25) is 0 Å². The van der Waals surface area contributed by atoms with Gasteiger partial charge in [-0.15, -0.1) is 0 Å². The molecule has 68 valence electrons. The lowest BCUT2D eigenvalue weighted by atomic mass is 10.4. The monoisotopic (exact) mass is 241 g/mol. The van der Waals surface area contributed by atoms with E-state index in [-0.39, 0.29) is 6.10 Å². The molecule has 0 radical (unpaired) electrons. The van der Waals surface area contributed by atoms with Crippen LogP contribution in [0.3, 0.4) is 0 Å². The second kappa shape index (κ2) is 3.38. The smallest absolute Gasteiger partial charge is 0.253 e. The van der Waals surface area contributed by atoms with Crippen molar-refractivity contribution in [3.05, 3.63) is 35.2 Å². The molecule has 0 aliphatic carbocycles. The predicted octanol–water partition coefficient (Wildman–Crippen LogP) is 2.33. The number of ether oxygens (including phenoxy) is 1. The molecule has 2 rings (SSSR count). The third-order valence-electron chi connectivity index (χ3n) is 1.74. The van der Waals surface area contributed by atoms with E-state index >= 15 is 0 Å². The van der Waals surface area contributed by atoms with Gasteiger partial charge in [0.05, 0.1) is 12.8 Å². The van der Waals surface area contributed by atoms with E-state index in [4.69, 9.17) is 9.15 Å². The average Bonchev–Trinajstić information content (AvgIpc) is 2.75. The van der Waals surface area contributed by atoms with Gasteiger partial charge in [0.15, 0.2) is 11.9 Å². The highest BCUT2D eigenvalue weighted by Crippen LogP contribution is 2.20. The van der Waals surface area contributed by atoms with E-state index in [1.165, 1.54) is 0 Å². The van der Waals surface area contributed by atoms with Gasteiger partial charge < -0.3 is 9.15 Å². The van der Waals surface area contributed by atoms with Gasteiger partial charge in [-0.1, -0.05) is 22.5 Å². The van der Waals surface area contributed by atoms with Crippen LogP contribution in [0.25, 0.3) is 0 Å². The number of hydrogen-bond acceptors (Lipinski definition) is 3. The molecule has 1 aliphatic heterocycles. The van der Waals surface area contributed by atoms with Crippen molar-refractivity contribution >= 4 is 21.8 Å². The Morgan fingerprint density at radius 1 is 1.69 bits per heavy atom. The van der Waals surface area contributed by atoms with E-state index in [2.05, 4.69) is 27.5 Å². The minimum Gasteiger partial charge on any atom is -0.465 e. The molecule has 1 aromatic heterocycles. The van der Waals surface area contributed by atoms with Crippen LogP contribution in [0.15, 0.2) is 38.9 Å². The molecular formula is C9H8BrNO2. The molecule has 0 aromatic carbocycles. The number of rotatable bonds is 2. The number of furan rings is 1. The van der Waals surface area contributed by atoms with E-state index < -0.39 is 0 Å². The second-order valence-corrected chi connectivity index (χ2v) is 3.70. The molecule has 0 saturated carbocycles. The molecule has 13 heavy (non-hydrogen) atoms. The number of nitrogens with zero attached hydrogens (tertiary/aromatic N) is 1. The van der Waals surface area contributed by atoms with Crippen molar-refractivity contribution in [3.63, 3.8) is 0 Å². The van der Waals surface area contributed by atoms with Crippen LogP contribution < -0.4 is 0 Å². The molecule has 1 aliphatic rings. The normalized spacial score (nSPS) is 21.0. The van der Waals surface area contributed by atoms with E-state index in [0.29, 0.717) is 18.2 Å². The average molecular weight is 242 g/mol. The van der Waals surface area contributed by atoms with Crippen molar-refractivity contribution in [2.75, 3.05) is 6.54 Å². The summed E-state index contributed by atoms with van der Waals surface area (Å²) in [5, 5.41) is 0. The Kier molecular flexibility index (Phi) is 2.22. The van der Waals surface area contributed by atoms with Crippen molar-refractivity contribution in [1.82, 2.24) is 0 Å². The van der Waals surface area contributed by atoms with Gasteiger partial charge in [-0.25, -0.2) is 4.99 Å². The first kappa shape index (κ1) is 8.56. The summed E-state index contributed by atoms with van der Waals surface area (Å²) in [6.07, 6.45) is 1.53. The van der Waals surface area contributed by atoms with Gasteiger partial charge in [0.1, 0.15) is 0 Å². The van der Waals surface area contributed by atoms with Gasteiger partial charge in [0, 0.05) is 4.48 Å². The van der Waals surface area contributed by atoms with Gasteiger partial charge >= 0.3 is 0 Å². The van der Waals surface area contributed by atoms with Crippen molar-refractivity contribution in [1.29, 1.82) is 0 Å². The maximum Gasteiger partial charge on any atom is 0.253 e. The molecule has 4 heteroatoms. The molecule has 0 spiro atoms. The Morgan fingerprint density at radius 3 is 3.08 bits per heavy atom. The molecule has 0 N–H and O–H groups in total. The first-order valence-corrected chi connectivity index (χ1v) is 4.66. The van der Waals surface area contributed by atoms with Crippen LogP contribution in [0.1, 0.15) is 5.76 Å². The van der Waals surface area contributed by atoms with E-state index in [1.54, 1.807) is 12.3 Å². The molecule has 0 saturated heterocycles. The summed E-state index contributed by atoms with van der Waals surface area (Å²) < 4.78 is 11.4. The Balaban J connectivity index is 2.10. The Hall–Kier alpha value is -1.03. The molecule has 3 nitrogen and oxygen atoms in total. The summed E-state index contributed by atoms with van der Waals surface area (Å²) in [4.78, 5) is 4.19. The summed E-state index contributed by atoms with van der Waals surface area (Å²) in [5.74, 6) is 1.21. The van der Waals surface area contributed by atoms with Crippen LogP contribution in [-0.2, 0) is 4.74 Å². The largest absolute Gasteiger partial charge is 0.465 e. The molecule has 0 amide bonds. The van der Waals surface area contributed by atoms with Crippen LogP contribution in [-0.4, -0.2) is 18.5 Å². The van der Waals surface area contributed by atoms with E-state index in [9.17, 15) is 0 Å². The number of halogens is 1. The number of hydrogen-bond donors (Lipinski definition) is 0. The quantitative estimate of drug-likeness (QED) is 0.797. The third kappa shape index (κ3) is 1.67. The molecule has 1 aromatic rings. The molecule has 2 heterocycles. The van der Waals surface area contributed by atoms with Crippen molar-refractivity contribution in [3.8, 4) is 0 Å². The fraction of sp³-hybridized carbons (Fsp3) is 0.222. The summed E-state index contributed by atoms with van der Waals surface area (Å²) in [5.41, 5.74) is 0. The SMILES string of the molecule is C=C(Br)[C@H]1CN=C(c2ccco2)O1. The molecule has 0 unspecified atom stereocenters. The maximum atomic E-state index is 5.48. The lowest BCUT2D eigenvalue weighted by Gasteiger charge is -2.07. The Bertz CT molecular complexity index is 343. The van der Waals surface area contributed by atoms with E-state index in [1.807, 2.05) is 6.07 Å². The Labute approximate surface area is 84.2 Å². The first-order valence-electron chi connectivity index (χ1n) is 3.86. The number of aliphatic imine (C=N–C) groups is 1. The summed E-state index contributed by atoms with van der Waals surface area (Å²) in [7, 11) is 0. The minimum atomic E-state index is -0.0694. The molecular weight excluding hydrogens is 234 g/mol. The second-order valence-electron chi connectivity index (χ2n) is 2.68. The third-order valence-corrected chi connectivity index (χ3v) is 2.25. The molecule has 1 atom stereocenters. The molecule has 0 bridgehead atoms. The summed E-state index contributed by atoms with van der Waals surface area (Å²) >= 11 is 3.27. The highest BCUT2D eigenvalue weighted by molar-refractivity contribution is 9.11. The highest BCUT2D eigenvalue weighted by Gasteiger charge is 2.23. The molecule has 0 fully saturated rings. The predicted molar refractivity (Wildman–Crippen MR) is 53.1 cm³/mol. The summed E-state index contributed by atoms with van der Waals surface area (Å²) in [6.45, 7) is 4.34. The van der Waals surface area contributed by atoms with Crippen molar-refractivity contribution < 1.29 is 9.15 Å². The van der Waals surface area contributed by atoms with Crippen LogP contribution in [0.2, 0.25) is 0 Å². The van der Waals surface area contributed by atoms with Crippen LogP contribution >= 0.6 is 15.9 Å². The van der Waals surface area contributed by atoms with E-state index in [0.717, 1.165) is 4.48 Å². The lowest BCUT2D eigenvalue weighted by molar-refractivity contribution is 0.267. The van der Waals surface area contributed by atoms with Crippen LogP contribution in [0.4, 0.5) is 0 Å². The van der Waals surface area contributed by atoms with Gasteiger partial charge in [-0.2, -0.15) is 0 Å². The Morgan fingerprint density at radius 2 is 2.54 bits per heavy atom. The zero-order valence-corrected chi connectivity index (χ0v) is 8.45. The van der Waals surface area contributed by atoms with Crippen LogP contribution in [0.5, 0.6) is 0 Å². The zero-order valence-electron chi connectivity index (χ0n) is 6.87. The van der Waals surface area contributed by atoms with Crippen molar-refractivity contribution in [2.24, 2.45) is 4.99 Å². The van der Waals surface area contributed by atoms with Crippen LogP contribution in [0, 0.1) is 0 Å². The maximum absolute atomic E-state index is 5.48.